The molecule has 2 N–H and O–H groups in total. The van der Waals surface area contributed by atoms with Gasteiger partial charge in [-0.25, -0.2) is 18.8 Å². The average molecular weight is 528 g/mol. The molecule has 0 fully saturated rings. The van der Waals surface area contributed by atoms with Gasteiger partial charge in [-0.1, -0.05) is 24.3 Å². The Bertz CT molecular complexity index is 1650. The lowest BCUT2D eigenvalue weighted by Gasteiger charge is -2.12. The molecule has 1 amide bonds. The monoisotopic (exact) mass is 528 g/mol. The molecule has 2 heterocycles. The van der Waals surface area contributed by atoms with Gasteiger partial charge in [0, 0.05) is 30.4 Å². The molecule has 5 aromatic rings. The van der Waals surface area contributed by atoms with Crippen molar-refractivity contribution >= 4 is 22.9 Å². The lowest BCUT2D eigenvalue weighted by atomic mass is 10.0. The Morgan fingerprint density at radius 1 is 1.00 bits per heavy atom. The third-order valence-electron chi connectivity index (χ3n) is 5.77. The van der Waals surface area contributed by atoms with Crippen LogP contribution in [0.1, 0.15) is 22.8 Å². The minimum atomic E-state index is -1.14. The number of benzene rings is 3. The van der Waals surface area contributed by atoms with Gasteiger partial charge < -0.3 is 19.9 Å². The van der Waals surface area contributed by atoms with E-state index < -0.39 is 17.9 Å². The van der Waals surface area contributed by atoms with Gasteiger partial charge in [0.25, 0.3) is 5.91 Å². The highest BCUT2D eigenvalue weighted by molar-refractivity contribution is 5.96. The van der Waals surface area contributed by atoms with Gasteiger partial charge in [0.2, 0.25) is 5.88 Å². The number of aromatic nitrogens is 3. The van der Waals surface area contributed by atoms with Crippen LogP contribution in [-0.2, 0) is 11.3 Å². The molecule has 0 saturated carbocycles. The number of carbonyl (C=O) groups is 2. The van der Waals surface area contributed by atoms with Crippen molar-refractivity contribution < 1.29 is 33.2 Å². The first kappa shape index (κ1) is 25.3. The zero-order chi connectivity index (χ0) is 27.4. The normalized spacial score (nSPS) is 11.6. The molecule has 0 saturated heterocycles. The summed E-state index contributed by atoms with van der Waals surface area (Å²) in [6.45, 7) is 1.58. The second kappa shape index (κ2) is 11.0. The number of hydrogen-bond acceptors (Lipinski definition) is 8. The first-order valence-electron chi connectivity index (χ1n) is 11.8. The zero-order valence-electron chi connectivity index (χ0n) is 20.5. The van der Waals surface area contributed by atoms with E-state index in [-0.39, 0.29) is 29.6 Å². The maximum atomic E-state index is 14.7. The topological polar surface area (TPSA) is 137 Å². The van der Waals surface area contributed by atoms with Gasteiger partial charge in [0.1, 0.15) is 33.9 Å². The number of amides is 1. The predicted molar refractivity (Wildman–Crippen MR) is 137 cm³/mol. The van der Waals surface area contributed by atoms with Crippen LogP contribution in [0.5, 0.6) is 17.4 Å². The molecule has 1 atom stereocenters. The van der Waals surface area contributed by atoms with E-state index in [4.69, 9.17) is 19.2 Å². The van der Waals surface area contributed by atoms with E-state index in [9.17, 15) is 14.0 Å². The average Bonchev–Trinajstić information content (AvgIpc) is 3.40. The number of ether oxygens (including phenoxy) is 2. The number of pyridine rings is 1. The number of fused-ring (bicyclic) bond motifs is 1. The van der Waals surface area contributed by atoms with Gasteiger partial charge >= 0.3 is 5.97 Å². The number of carboxylic acids is 1. The quantitative estimate of drug-likeness (QED) is 0.271. The number of hydrogen-bond donors (Lipinski definition) is 2. The summed E-state index contributed by atoms with van der Waals surface area (Å²) in [6.07, 6.45) is 0.423. The van der Waals surface area contributed by atoms with Gasteiger partial charge in [-0.3, -0.25) is 4.79 Å². The van der Waals surface area contributed by atoms with Crippen LogP contribution in [0.2, 0.25) is 0 Å². The maximum Gasteiger partial charge on any atom is 0.344 e. The Hall–Kier alpha value is -5.32. The van der Waals surface area contributed by atoms with E-state index in [1.807, 2.05) is 0 Å². The largest absolute Gasteiger partial charge is 0.479 e. The van der Waals surface area contributed by atoms with Crippen molar-refractivity contribution in [2.45, 2.75) is 19.6 Å². The number of halogens is 1. The van der Waals surface area contributed by atoms with Crippen molar-refractivity contribution in [3.05, 3.63) is 95.9 Å². The summed E-state index contributed by atoms with van der Waals surface area (Å²) in [4.78, 5) is 28.0. The van der Waals surface area contributed by atoms with E-state index in [1.165, 1.54) is 25.3 Å². The Morgan fingerprint density at radius 3 is 2.54 bits per heavy atom. The van der Waals surface area contributed by atoms with Gasteiger partial charge in [-0.2, -0.15) is 0 Å². The Labute approximate surface area is 221 Å². The number of carbonyl (C=O) groups excluding carboxylic acids is 1. The van der Waals surface area contributed by atoms with E-state index in [2.05, 4.69) is 20.6 Å². The summed E-state index contributed by atoms with van der Waals surface area (Å²) in [5.74, 6) is -1.40. The van der Waals surface area contributed by atoms with Crippen LogP contribution < -0.4 is 14.8 Å². The Kier molecular flexibility index (Phi) is 7.13. The van der Waals surface area contributed by atoms with Crippen LogP contribution >= 0.6 is 0 Å². The Morgan fingerprint density at radius 2 is 1.77 bits per heavy atom. The summed E-state index contributed by atoms with van der Waals surface area (Å²) >= 11 is 0. The molecule has 2 aromatic heterocycles. The minimum Gasteiger partial charge on any atom is -0.479 e. The third-order valence-corrected chi connectivity index (χ3v) is 5.77. The highest BCUT2D eigenvalue weighted by atomic mass is 19.1. The summed E-state index contributed by atoms with van der Waals surface area (Å²) in [5.41, 5.74) is 3.06. The van der Waals surface area contributed by atoms with Crippen molar-refractivity contribution in [3.8, 4) is 28.5 Å². The SMILES string of the molecule is CC(Oc1ccc(-c2ccc(CNC(=O)c3cccnc3Oc3ccc4nonc4c3)cc2)c(F)c1)C(=O)O. The second-order valence-electron chi connectivity index (χ2n) is 8.49. The van der Waals surface area contributed by atoms with Gasteiger partial charge in [0.15, 0.2) is 6.10 Å². The molecular weight excluding hydrogens is 507 g/mol. The van der Waals surface area contributed by atoms with Crippen LogP contribution in [0, 0.1) is 5.82 Å². The number of aliphatic carboxylic acids is 1. The second-order valence-corrected chi connectivity index (χ2v) is 8.49. The standard InChI is InChI=1S/C28H21FN4O6/c1-16(28(35)36)37-19-8-10-21(23(29)13-19)18-6-4-17(5-7-18)15-31-26(34)22-3-2-12-30-27(22)38-20-9-11-24-25(14-20)33-39-32-24/h2-14,16H,15H2,1H3,(H,31,34)(H,35,36). The molecule has 5 rings (SSSR count). The molecule has 1 unspecified atom stereocenters. The molecule has 11 heteroatoms. The lowest BCUT2D eigenvalue weighted by molar-refractivity contribution is -0.144. The number of carboxylic acid groups (broad SMARTS) is 1. The van der Waals surface area contributed by atoms with Crippen LogP contribution in [0.4, 0.5) is 4.39 Å². The predicted octanol–water partition coefficient (Wildman–Crippen LogP) is 5.00. The minimum absolute atomic E-state index is 0.125. The fourth-order valence-corrected chi connectivity index (χ4v) is 3.72. The summed E-state index contributed by atoms with van der Waals surface area (Å²) in [6, 6.07) is 19.4. The molecule has 10 nitrogen and oxygen atoms in total. The number of nitrogens with zero attached hydrogens (tertiary/aromatic N) is 3. The molecule has 0 radical (unpaired) electrons. The molecule has 0 bridgehead atoms. The molecule has 0 spiro atoms. The molecule has 196 valence electrons. The highest BCUT2D eigenvalue weighted by Crippen LogP contribution is 2.28. The molecule has 3 aromatic carbocycles. The molecule has 0 aliphatic rings. The van der Waals surface area contributed by atoms with E-state index in [0.717, 1.165) is 11.6 Å². The maximum absolute atomic E-state index is 14.7. The summed E-state index contributed by atoms with van der Waals surface area (Å²) < 4.78 is 30.4. The van der Waals surface area contributed by atoms with Gasteiger partial charge in [0.05, 0.1) is 0 Å². The van der Waals surface area contributed by atoms with Gasteiger partial charge in [-0.05, 0) is 64.8 Å². The van der Waals surface area contributed by atoms with Gasteiger partial charge in [-0.15, -0.1) is 0 Å². The fraction of sp³-hybridized carbons (Fsp3) is 0.107. The van der Waals surface area contributed by atoms with Crippen molar-refractivity contribution in [3.63, 3.8) is 0 Å². The zero-order valence-corrected chi connectivity index (χ0v) is 20.5. The van der Waals surface area contributed by atoms with Crippen molar-refractivity contribution in [2.24, 2.45) is 0 Å². The van der Waals surface area contributed by atoms with Crippen LogP contribution in [0.25, 0.3) is 22.2 Å². The lowest BCUT2D eigenvalue weighted by Crippen LogP contribution is -2.23. The van der Waals surface area contributed by atoms with Crippen molar-refractivity contribution in [1.82, 2.24) is 20.6 Å². The smallest absolute Gasteiger partial charge is 0.344 e. The van der Waals surface area contributed by atoms with Crippen LogP contribution in [0.3, 0.4) is 0 Å². The van der Waals surface area contributed by atoms with Crippen molar-refractivity contribution in [1.29, 1.82) is 0 Å². The van der Waals surface area contributed by atoms with Crippen LogP contribution in [-0.4, -0.2) is 38.4 Å². The number of rotatable bonds is 9. The highest BCUT2D eigenvalue weighted by Gasteiger charge is 2.16. The van der Waals surface area contributed by atoms with E-state index >= 15 is 0 Å². The third kappa shape index (κ3) is 5.82. The molecule has 0 aliphatic heterocycles. The van der Waals surface area contributed by atoms with E-state index in [1.54, 1.807) is 54.6 Å². The van der Waals surface area contributed by atoms with Crippen LogP contribution in [0.15, 0.2) is 83.6 Å². The first-order chi connectivity index (χ1) is 18.9. The molecule has 0 aliphatic carbocycles. The molecule has 39 heavy (non-hydrogen) atoms. The van der Waals surface area contributed by atoms with E-state index in [0.29, 0.717) is 27.9 Å². The number of nitrogens with one attached hydrogen (secondary N) is 1. The first-order valence-corrected chi connectivity index (χ1v) is 11.8. The summed E-state index contributed by atoms with van der Waals surface area (Å²) in [7, 11) is 0. The Balaban J connectivity index is 1.23. The fourth-order valence-electron chi connectivity index (χ4n) is 3.72. The van der Waals surface area contributed by atoms with Crippen molar-refractivity contribution in [2.75, 3.05) is 0 Å². The molecular formula is C28H21FN4O6. The summed E-state index contributed by atoms with van der Waals surface area (Å²) in [5, 5.41) is 19.3.